The molecule has 0 atom stereocenters. The molecule has 0 amide bonds. The first-order valence-electron chi connectivity index (χ1n) is 5.36. The number of hydrogen-bond acceptors (Lipinski definition) is 3. The van der Waals surface area contributed by atoms with Crippen LogP contribution >= 0.6 is 11.8 Å². The summed E-state index contributed by atoms with van der Waals surface area (Å²) in [6, 6.07) is 0. The first-order valence-corrected chi connectivity index (χ1v) is 6.35. The molecular formula is C10H16O2S. The van der Waals surface area contributed by atoms with Crippen LogP contribution in [-0.4, -0.2) is 10.9 Å². The van der Waals surface area contributed by atoms with Crippen molar-refractivity contribution >= 4 is 11.8 Å². The second kappa shape index (κ2) is 3.14. The second-order valence-corrected chi connectivity index (χ2v) is 5.60. The zero-order chi connectivity index (χ0) is 8.73. The molecule has 1 spiro atoms. The summed E-state index contributed by atoms with van der Waals surface area (Å²) >= 11 is 1.91. The standard InChI is InChI=1S/C10H16O2S/c1-3-8-5-2-6-9(4-1)10(8)12-11-7-13-10/h8-9H,1-7H2. The molecule has 2 aliphatic carbocycles. The maximum absolute atomic E-state index is 5.61. The van der Waals surface area contributed by atoms with Crippen LogP contribution in [-0.2, 0) is 9.78 Å². The van der Waals surface area contributed by atoms with E-state index in [1.54, 1.807) is 0 Å². The van der Waals surface area contributed by atoms with Crippen molar-refractivity contribution in [3.63, 3.8) is 0 Å². The molecule has 0 unspecified atom stereocenters. The van der Waals surface area contributed by atoms with Gasteiger partial charge in [-0.3, -0.25) is 0 Å². The van der Waals surface area contributed by atoms with Crippen LogP contribution in [0.5, 0.6) is 0 Å². The van der Waals surface area contributed by atoms with Gasteiger partial charge in [-0.25, -0.2) is 9.78 Å². The Balaban J connectivity index is 1.90. The van der Waals surface area contributed by atoms with Gasteiger partial charge in [-0.15, -0.1) is 0 Å². The van der Waals surface area contributed by atoms with E-state index < -0.39 is 0 Å². The highest BCUT2D eigenvalue weighted by atomic mass is 32.2. The minimum Gasteiger partial charge on any atom is -0.224 e. The first kappa shape index (κ1) is 8.57. The highest BCUT2D eigenvalue weighted by Gasteiger charge is 2.54. The zero-order valence-corrected chi connectivity index (χ0v) is 8.65. The van der Waals surface area contributed by atoms with Crippen molar-refractivity contribution in [2.75, 3.05) is 5.94 Å². The van der Waals surface area contributed by atoms with Gasteiger partial charge in [0.2, 0.25) is 0 Å². The van der Waals surface area contributed by atoms with Gasteiger partial charge in [0, 0.05) is 11.8 Å². The Bertz CT molecular complexity index is 177. The summed E-state index contributed by atoms with van der Waals surface area (Å²) in [5.41, 5.74) is 0. The zero-order valence-electron chi connectivity index (χ0n) is 7.83. The van der Waals surface area contributed by atoms with Crippen molar-refractivity contribution in [2.24, 2.45) is 11.8 Å². The van der Waals surface area contributed by atoms with Crippen LogP contribution in [0.2, 0.25) is 0 Å². The predicted molar refractivity (Wildman–Crippen MR) is 52.0 cm³/mol. The molecule has 0 aromatic heterocycles. The fourth-order valence-corrected chi connectivity index (χ4v) is 4.60. The van der Waals surface area contributed by atoms with Crippen LogP contribution in [0, 0.1) is 11.8 Å². The number of hydrogen-bond donors (Lipinski definition) is 0. The van der Waals surface area contributed by atoms with E-state index in [0.29, 0.717) is 0 Å². The first-order chi connectivity index (χ1) is 6.42. The van der Waals surface area contributed by atoms with Crippen molar-refractivity contribution < 1.29 is 9.78 Å². The molecule has 1 saturated heterocycles. The lowest BCUT2D eigenvalue weighted by atomic mass is 9.69. The van der Waals surface area contributed by atoms with Gasteiger partial charge in [0.1, 0.15) is 5.94 Å². The quantitative estimate of drug-likeness (QED) is 0.560. The lowest BCUT2D eigenvalue weighted by Gasteiger charge is -2.47. The van der Waals surface area contributed by atoms with E-state index >= 15 is 0 Å². The molecule has 2 saturated carbocycles. The van der Waals surface area contributed by atoms with Crippen LogP contribution in [0.25, 0.3) is 0 Å². The molecule has 0 N–H and O–H groups in total. The van der Waals surface area contributed by atoms with Crippen LogP contribution in [0.3, 0.4) is 0 Å². The van der Waals surface area contributed by atoms with Gasteiger partial charge in [-0.1, -0.05) is 24.6 Å². The molecule has 2 nitrogen and oxygen atoms in total. The Hall–Kier alpha value is 0.270. The molecule has 3 rings (SSSR count). The summed E-state index contributed by atoms with van der Waals surface area (Å²) in [6.45, 7) is 0. The lowest BCUT2D eigenvalue weighted by Crippen LogP contribution is -2.47. The molecule has 74 valence electrons. The van der Waals surface area contributed by atoms with Gasteiger partial charge >= 0.3 is 0 Å². The van der Waals surface area contributed by atoms with E-state index in [9.17, 15) is 0 Å². The normalized spacial score (nSPS) is 49.8. The molecule has 3 fully saturated rings. The minimum atomic E-state index is 0.0799. The van der Waals surface area contributed by atoms with E-state index in [0.717, 1.165) is 17.8 Å². The summed E-state index contributed by atoms with van der Waals surface area (Å²) in [6.07, 6.45) is 8.22. The molecule has 2 bridgehead atoms. The maximum Gasteiger partial charge on any atom is 0.156 e. The molecule has 13 heavy (non-hydrogen) atoms. The van der Waals surface area contributed by atoms with E-state index in [1.807, 2.05) is 11.8 Å². The summed E-state index contributed by atoms with van der Waals surface area (Å²) in [7, 11) is 0. The van der Waals surface area contributed by atoms with Gasteiger partial charge in [-0.2, -0.15) is 0 Å². The molecule has 1 aliphatic heterocycles. The lowest BCUT2D eigenvalue weighted by molar-refractivity contribution is -0.336. The van der Waals surface area contributed by atoms with Gasteiger partial charge in [0.15, 0.2) is 4.93 Å². The summed E-state index contributed by atoms with van der Waals surface area (Å²) in [4.78, 5) is 10.8. The third-order valence-corrected chi connectivity index (χ3v) is 5.27. The van der Waals surface area contributed by atoms with Crippen molar-refractivity contribution in [3.05, 3.63) is 0 Å². The molecule has 0 radical (unpaired) electrons. The van der Waals surface area contributed by atoms with Crippen molar-refractivity contribution in [3.8, 4) is 0 Å². The average Bonchev–Trinajstić information content (AvgIpc) is 2.53. The monoisotopic (exact) mass is 200 g/mol. The van der Waals surface area contributed by atoms with Gasteiger partial charge < -0.3 is 0 Å². The van der Waals surface area contributed by atoms with Crippen LogP contribution in [0.4, 0.5) is 0 Å². The summed E-state index contributed by atoms with van der Waals surface area (Å²) in [5.74, 6) is 2.28. The molecule has 3 aliphatic rings. The molecular weight excluding hydrogens is 184 g/mol. The minimum absolute atomic E-state index is 0.0799. The van der Waals surface area contributed by atoms with E-state index in [-0.39, 0.29) is 4.93 Å². The van der Waals surface area contributed by atoms with Crippen molar-refractivity contribution in [2.45, 2.75) is 43.5 Å². The maximum atomic E-state index is 5.61. The van der Waals surface area contributed by atoms with E-state index in [4.69, 9.17) is 9.78 Å². The van der Waals surface area contributed by atoms with E-state index in [1.165, 1.54) is 38.5 Å². The van der Waals surface area contributed by atoms with Gasteiger partial charge in [-0.05, 0) is 25.7 Å². The molecule has 0 aromatic rings. The predicted octanol–water partition coefficient (Wildman–Crippen LogP) is 2.94. The highest BCUT2D eigenvalue weighted by molar-refractivity contribution is 8.00. The largest absolute Gasteiger partial charge is 0.224 e. The Morgan fingerprint density at radius 1 is 1.00 bits per heavy atom. The number of thioether (sulfide) groups is 1. The SMILES string of the molecule is C1CC2CCCC(C1)C21OOCS1. The third kappa shape index (κ3) is 1.17. The van der Waals surface area contributed by atoms with Gasteiger partial charge in [0.25, 0.3) is 0 Å². The van der Waals surface area contributed by atoms with E-state index in [2.05, 4.69) is 0 Å². The Labute approximate surface area is 83.3 Å². The summed E-state index contributed by atoms with van der Waals surface area (Å²) < 4.78 is 0. The molecule has 0 aromatic carbocycles. The average molecular weight is 200 g/mol. The Kier molecular flexibility index (Phi) is 2.07. The fourth-order valence-electron chi connectivity index (χ4n) is 3.28. The fraction of sp³-hybridized carbons (Fsp3) is 1.00. The third-order valence-electron chi connectivity index (χ3n) is 3.87. The van der Waals surface area contributed by atoms with Crippen LogP contribution in [0.15, 0.2) is 0 Å². The smallest absolute Gasteiger partial charge is 0.156 e. The highest BCUT2D eigenvalue weighted by Crippen LogP contribution is 2.57. The molecule has 1 heterocycles. The Morgan fingerprint density at radius 2 is 1.62 bits per heavy atom. The Morgan fingerprint density at radius 3 is 2.08 bits per heavy atom. The molecule has 3 heteroatoms. The van der Waals surface area contributed by atoms with Crippen LogP contribution in [0.1, 0.15) is 38.5 Å². The topological polar surface area (TPSA) is 18.5 Å². The number of rotatable bonds is 0. The summed E-state index contributed by atoms with van der Waals surface area (Å²) in [5, 5.41) is 0. The van der Waals surface area contributed by atoms with Crippen LogP contribution < -0.4 is 0 Å². The van der Waals surface area contributed by atoms with Crippen molar-refractivity contribution in [1.29, 1.82) is 0 Å². The van der Waals surface area contributed by atoms with Crippen molar-refractivity contribution in [1.82, 2.24) is 0 Å². The van der Waals surface area contributed by atoms with Gasteiger partial charge in [0.05, 0.1) is 0 Å². The second-order valence-electron chi connectivity index (χ2n) is 4.44.